The fourth-order valence-electron chi connectivity index (χ4n) is 3.62. The van der Waals surface area contributed by atoms with Crippen molar-refractivity contribution in [3.8, 4) is 17.1 Å². The lowest BCUT2D eigenvalue weighted by Crippen LogP contribution is -2.44. The van der Waals surface area contributed by atoms with Crippen molar-refractivity contribution >= 4 is 33.2 Å². The molecule has 0 amide bonds. The van der Waals surface area contributed by atoms with Gasteiger partial charge in [-0.15, -0.1) is 11.3 Å². The molecule has 1 aromatic carbocycles. The number of aliphatic imine (C=N–C) groups is 1. The number of aromatic amines is 1. The van der Waals surface area contributed by atoms with Crippen LogP contribution >= 0.6 is 11.3 Å². The Morgan fingerprint density at radius 1 is 1.19 bits per heavy atom. The Morgan fingerprint density at radius 2 is 1.95 bits per heavy atom. The number of benzene rings is 1. The third-order valence-corrected chi connectivity index (χ3v) is 6.76. The number of nitrogens with zero attached hydrogens (tertiary/aromatic N) is 4. The summed E-state index contributed by atoms with van der Waals surface area (Å²) in [6.45, 7) is 11.4. The number of nitrogens with two attached hydrogens (primary N) is 1. The Hall–Kier alpha value is -3.47. The van der Waals surface area contributed by atoms with Gasteiger partial charge in [0.25, 0.3) is 0 Å². The smallest absolute Gasteiger partial charge is 0.214 e. The van der Waals surface area contributed by atoms with E-state index in [4.69, 9.17) is 10.5 Å². The van der Waals surface area contributed by atoms with E-state index < -0.39 is 0 Å². The van der Waals surface area contributed by atoms with Gasteiger partial charge in [0.15, 0.2) is 0 Å². The van der Waals surface area contributed by atoms with Crippen molar-refractivity contribution < 1.29 is 9.84 Å². The van der Waals surface area contributed by atoms with E-state index in [0.717, 1.165) is 54.3 Å². The lowest BCUT2D eigenvalue weighted by molar-refractivity contribution is 0.188. The summed E-state index contributed by atoms with van der Waals surface area (Å²) in [5.74, 6) is 1.04. The quantitative estimate of drug-likeness (QED) is 0.204. The van der Waals surface area contributed by atoms with E-state index in [1.165, 1.54) is 17.4 Å². The van der Waals surface area contributed by atoms with Crippen LogP contribution in [0.3, 0.4) is 0 Å². The normalized spacial score (nSPS) is 15.5. The zero-order chi connectivity index (χ0) is 26.3. The van der Waals surface area contributed by atoms with Crippen molar-refractivity contribution in [2.24, 2.45) is 16.1 Å². The molecule has 196 valence electrons. The van der Waals surface area contributed by atoms with Crippen molar-refractivity contribution in [2.45, 2.75) is 20.8 Å². The molecule has 2 aromatic heterocycles. The molecule has 10 heteroatoms. The Labute approximate surface area is 221 Å². The van der Waals surface area contributed by atoms with Gasteiger partial charge in [-0.1, -0.05) is 32.9 Å². The minimum Gasteiger partial charge on any atom is -0.512 e. The van der Waals surface area contributed by atoms with Crippen LogP contribution in [0.2, 0.25) is 0 Å². The molecule has 0 unspecified atom stereocenters. The molecule has 0 atom stereocenters. The summed E-state index contributed by atoms with van der Waals surface area (Å²) in [5.41, 5.74) is 8.95. The number of ether oxygens (including phenoxy) is 1. The van der Waals surface area contributed by atoms with Crippen LogP contribution in [0.5, 0.6) is 5.88 Å². The number of rotatable bonds is 7. The van der Waals surface area contributed by atoms with Crippen LogP contribution in [0.1, 0.15) is 20.8 Å². The van der Waals surface area contributed by atoms with Gasteiger partial charge in [-0.05, 0) is 23.8 Å². The standard InChI is InChI=1S/C27H35N7O2S/c1-27(2,3)23(35)16-24(28)32-20-6-4-19(5-7-20)22-17-37-26-21(30-18-31-22)8-9-25(33-26)36-15-14-34-12-10-29-11-13-34/h4-9,16-18,29,35H,10-15H2,1-3H3,(H2,28,32)(H,30,31)/b22-17?,23-16-. The van der Waals surface area contributed by atoms with Gasteiger partial charge < -0.3 is 25.9 Å². The van der Waals surface area contributed by atoms with E-state index >= 15 is 0 Å². The first kappa shape index (κ1) is 26.6. The molecule has 1 saturated heterocycles. The number of piperazine rings is 1. The predicted molar refractivity (Wildman–Crippen MR) is 151 cm³/mol. The number of hydrogen-bond acceptors (Lipinski definition) is 8. The first-order valence-electron chi connectivity index (χ1n) is 12.4. The Kier molecular flexibility index (Phi) is 8.75. The molecule has 1 fully saturated rings. The summed E-state index contributed by atoms with van der Waals surface area (Å²) in [4.78, 5) is 20.0. The molecule has 0 bridgehead atoms. The highest BCUT2D eigenvalue weighted by Crippen LogP contribution is 2.25. The topological polar surface area (TPSA) is 125 Å². The van der Waals surface area contributed by atoms with Crippen molar-refractivity contribution in [3.63, 3.8) is 0 Å². The van der Waals surface area contributed by atoms with E-state index in [1.54, 1.807) is 6.33 Å². The summed E-state index contributed by atoms with van der Waals surface area (Å²) in [7, 11) is 0. The average molecular weight is 522 g/mol. The maximum Gasteiger partial charge on any atom is 0.214 e. The number of aliphatic hydroxyl groups is 1. The highest BCUT2D eigenvalue weighted by Gasteiger charge is 2.16. The van der Waals surface area contributed by atoms with Crippen LogP contribution in [0.15, 0.2) is 64.9 Å². The maximum absolute atomic E-state index is 10.1. The largest absolute Gasteiger partial charge is 0.512 e. The zero-order valence-corrected chi connectivity index (χ0v) is 22.4. The molecule has 9 nitrogen and oxygen atoms in total. The van der Waals surface area contributed by atoms with Crippen molar-refractivity contribution in [2.75, 3.05) is 39.3 Å². The van der Waals surface area contributed by atoms with Crippen molar-refractivity contribution in [3.05, 3.63) is 59.9 Å². The SMILES string of the molecule is CC(C)(C)/C(O)=C/C(N)=Nc1ccc(-c2csc3nc(OCCN4CCNCC4)ccc3nc[nH]2)cc1. The Morgan fingerprint density at radius 3 is 2.68 bits per heavy atom. The summed E-state index contributed by atoms with van der Waals surface area (Å²) >= 11 is 1.49. The van der Waals surface area contributed by atoms with Gasteiger partial charge in [-0.2, -0.15) is 0 Å². The number of nitrogens with one attached hydrogen (secondary N) is 2. The maximum atomic E-state index is 10.1. The van der Waals surface area contributed by atoms with Gasteiger partial charge in [-0.25, -0.2) is 15.0 Å². The molecule has 1 aliphatic heterocycles. The minimum atomic E-state index is -0.384. The highest BCUT2D eigenvalue weighted by atomic mass is 32.1. The van der Waals surface area contributed by atoms with Gasteiger partial charge in [0.05, 0.1) is 17.7 Å². The number of H-pyrrole nitrogens is 1. The van der Waals surface area contributed by atoms with E-state index in [9.17, 15) is 5.11 Å². The van der Waals surface area contributed by atoms with Gasteiger partial charge in [0.1, 0.15) is 28.5 Å². The van der Waals surface area contributed by atoms with Gasteiger partial charge in [0.2, 0.25) is 5.88 Å². The second kappa shape index (κ2) is 12.2. The van der Waals surface area contributed by atoms with Crippen LogP contribution in [-0.2, 0) is 0 Å². The predicted octanol–water partition coefficient (Wildman–Crippen LogP) is 4.57. The Bertz CT molecular complexity index is 1300. The number of amidine groups is 1. The molecule has 1 aliphatic rings. The third-order valence-electron chi connectivity index (χ3n) is 5.88. The molecule has 5 N–H and O–H groups in total. The minimum absolute atomic E-state index is 0.188. The number of aromatic nitrogens is 3. The molecular formula is C27H35N7O2S. The van der Waals surface area contributed by atoms with Gasteiger partial charge >= 0.3 is 0 Å². The monoisotopic (exact) mass is 521 g/mol. The van der Waals surface area contributed by atoms with Gasteiger partial charge in [-0.3, -0.25) is 4.90 Å². The lowest BCUT2D eigenvalue weighted by Gasteiger charge is -2.26. The molecule has 3 aromatic rings. The number of aliphatic hydroxyl groups excluding tert-OH is 1. The zero-order valence-electron chi connectivity index (χ0n) is 21.6. The molecule has 0 saturated carbocycles. The van der Waals surface area contributed by atoms with Crippen LogP contribution in [0, 0.1) is 5.41 Å². The molecule has 0 radical (unpaired) electrons. The van der Waals surface area contributed by atoms with E-state index in [2.05, 4.69) is 30.2 Å². The van der Waals surface area contributed by atoms with Crippen molar-refractivity contribution in [1.29, 1.82) is 0 Å². The first-order chi connectivity index (χ1) is 17.8. The number of fused-ring (bicyclic) bond motifs is 1. The summed E-state index contributed by atoms with van der Waals surface area (Å²) in [5, 5.41) is 15.5. The molecule has 0 aliphatic carbocycles. The molecule has 0 spiro atoms. The van der Waals surface area contributed by atoms with E-state index in [-0.39, 0.29) is 17.0 Å². The lowest BCUT2D eigenvalue weighted by atomic mass is 9.93. The Balaban J connectivity index is 1.47. The van der Waals surface area contributed by atoms with Crippen molar-refractivity contribution in [1.82, 2.24) is 25.2 Å². The third kappa shape index (κ3) is 7.75. The fourth-order valence-corrected chi connectivity index (χ4v) is 4.44. The van der Waals surface area contributed by atoms with Crippen LogP contribution in [0.4, 0.5) is 5.69 Å². The summed E-state index contributed by atoms with van der Waals surface area (Å²) in [6.07, 6.45) is 3.16. The fraction of sp³-hybridized carbons (Fsp3) is 0.370. The second-order valence-electron chi connectivity index (χ2n) is 9.83. The second-order valence-corrected chi connectivity index (χ2v) is 10.7. The summed E-state index contributed by atoms with van der Waals surface area (Å²) in [6, 6.07) is 11.5. The van der Waals surface area contributed by atoms with E-state index in [1.807, 2.05) is 62.5 Å². The molecule has 4 rings (SSSR count). The molecular weight excluding hydrogens is 486 g/mol. The average Bonchev–Trinajstić information content (AvgIpc) is 2.86. The number of pyridine rings is 1. The molecule has 37 heavy (non-hydrogen) atoms. The van der Waals surface area contributed by atoms with Gasteiger partial charge in [0, 0.05) is 55.7 Å². The summed E-state index contributed by atoms with van der Waals surface area (Å²) < 4.78 is 5.93. The van der Waals surface area contributed by atoms with Crippen LogP contribution in [-0.4, -0.2) is 70.1 Å². The van der Waals surface area contributed by atoms with Crippen LogP contribution < -0.4 is 15.8 Å². The number of allylic oxidation sites excluding steroid dienone is 1. The number of hydrogen-bond donors (Lipinski definition) is 4. The first-order valence-corrected chi connectivity index (χ1v) is 13.2. The molecule has 3 heterocycles. The van der Waals surface area contributed by atoms with Crippen LogP contribution in [0.25, 0.3) is 21.6 Å². The highest BCUT2D eigenvalue weighted by molar-refractivity contribution is 7.16. The van der Waals surface area contributed by atoms with E-state index in [0.29, 0.717) is 18.2 Å².